The fourth-order valence-corrected chi connectivity index (χ4v) is 1.88. The van der Waals surface area contributed by atoms with Crippen LogP contribution in [0.15, 0.2) is 58.7 Å². The molecule has 2 rings (SSSR count). The SMILES string of the molecule is O=C(N/N=C\c1ccc(O)cc1)[C@@H](O)[C@H](O)C(=O)N/N=C\c1ccc(O)cc1. The summed E-state index contributed by atoms with van der Waals surface area (Å²) in [4.78, 5) is 23.5. The van der Waals surface area contributed by atoms with Crippen LogP contribution in [0, 0.1) is 0 Å². The van der Waals surface area contributed by atoms with Crippen molar-refractivity contribution in [3.63, 3.8) is 0 Å². The Kier molecular flexibility index (Phi) is 7.20. The third kappa shape index (κ3) is 6.20. The van der Waals surface area contributed by atoms with E-state index in [1.807, 2.05) is 10.9 Å². The minimum Gasteiger partial charge on any atom is -0.508 e. The predicted molar refractivity (Wildman–Crippen MR) is 99.7 cm³/mol. The van der Waals surface area contributed by atoms with Crippen molar-refractivity contribution in [3.8, 4) is 11.5 Å². The van der Waals surface area contributed by atoms with Crippen molar-refractivity contribution in [3.05, 3.63) is 59.7 Å². The molecule has 0 aliphatic rings. The van der Waals surface area contributed by atoms with Gasteiger partial charge in [0.15, 0.2) is 12.2 Å². The lowest BCUT2D eigenvalue weighted by Crippen LogP contribution is -2.47. The zero-order valence-corrected chi connectivity index (χ0v) is 14.4. The van der Waals surface area contributed by atoms with E-state index >= 15 is 0 Å². The van der Waals surface area contributed by atoms with E-state index in [4.69, 9.17) is 10.2 Å². The molecule has 28 heavy (non-hydrogen) atoms. The molecule has 0 spiro atoms. The van der Waals surface area contributed by atoms with E-state index in [9.17, 15) is 19.8 Å². The van der Waals surface area contributed by atoms with Gasteiger partial charge in [0.1, 0.15) is 11.5 Å². The largest absolute Gasteiger partial charge is 0.508 e. The van der Waals surface area contributed by atoms with E-state index in [1.54, 1.807) is 0 Å². The van der Waals surface area contributed by atoms with E-state index in [0.29, 0.717) is 11.1 Å². The molecule has 0 aliphatic carbocycles. The lowest BCUT2D eigenvalue weighted by molar-refractivity contribution is -0.146. The first-order chi connectivity index (χ1) is 13.4. The molecule has 10 nitrogen and oxygen atoms in total. The van der Waals surface area contributed by atoms with Gasteiger partial charge in [0.2, 0.25) is 0 Å². The maximum Gasteiger partial charge on any atom is 0.272 e. The average Bonchev–Trinajstić information content (AvgIpc) is 2.69. The summed E-state index contributed by atoms with van der Waals surface area (Å²) in [6.45, 7) is 0. The summed E-state index contributed by atoms with van der Waals surface area (Å²) in [5, 5.41) is 44.9. The van der Waals surface area contributed by atoms with Crippen molar-refractivity contribution >= 4 is 24.2 Å². The number of hydrogen-bond acceptors (Lipinski definition) is 8. The zero-order chi connectivity index (χ0) is 20.5. The number of aliphatic hydroxyl groups excluding tert-OH is 2. The third-order valence-electron chi connectivity index (χ3n) is 3.40. The van der Waals surface area contributed by atoms with Crippen LogP contribution in [-0.2, 0) is 9.59 Å². The van der Waals surface area contributed by atoms with E-state index in [-0.39, 0.29) is 11.5 Å². The quantitative estimate of drug-likeness (QED) is 0.275. The number of nitrogens with zero attached hydrogens (tertiary/aromatic N) is 2. The Morgan fingerprint density at radius 3 is 1.36 bits per heavy atom. The Balaban J connectivity index is 1.83. The van der Waals surface area contributed by atoms with Crippen LogP contribution < -0.4 is 10.9 Å². The number of hydrogen-bond donors (Lipinski definition) is 6. The molecule has 2 aromatic carbocycles. The normalized spacial score (nSPS) is 13.4. The Bertz CT molecular complexity index is 791. The monoisotopic (exact) mass is 386 g/mol. The minimum absolute atomic E-state index is 0.0683. The van der Waals surface area contributed by atoms with Crippen LogP contribution in [0.3, 0.4) is 0 Å². The number of aromatic hydroxyl groups is 2. The highest BCUT2D eigenvalue weighted by atomic mass is 16.3. The molecule has 2 amide bonds. The topological polar surface area (TPSA) is 164 Å². The van der Waals surface area contributed by atoms with Crippen LogP contribution in [0.4, 0.5) is 0 Å². The van der Waals surface area contributed by atoms with Crippen molar-refractivity contribution < 1.29 is 30.0 Å². The first-order valence-electron chi connectivity index (χ1n) is 7.97. The van der Waals surface area contributed by atoms with E-state index in [0.717, 1.165) is 0 Å². The van der Waals surface area contributed by atoms with Crippen LogP contribution in [0.1, 0.15) is 11.1 Å². The van der Waals surface area contributed by atoms with Crippen molar-refractivity contribution in [2.24, 2.45) is 10.2 Å². The number of aliphatic hydroxyl groups is 2. The number of hydrazone groups is 2. The fourth-order valence-electron chi connectivity index (χ4n) is 1.88. The van der Waals surface area contributed by atoms with E-state index in [2.05, 4.69) is 10.2 Å². The standard InChI is InChI=1S/C18H18N4O6/c23-13-5-1-11(2-6-13)9-19-21-17(27)15(25)16(26)18(28)22-20-10-12-3-7-14(24)8-4-12/h1-10,15-16,23-26H,(H,21,27)(H,22,28)/b19-9-,20-10-/t15-,16-/m0/s1. The van der Waals surface area contributed by atoms with Crippen molar-refractivity contribution in [1.29, 1.82) is 0 Å². The third-order valence-corrected chi connectivity index (χ3v) is 3.40. The molecule has 10 heteroatoms. The minimum atomic E-state index is -2.07. The molecule has 0 saturated carbocycles. The molecule has 0 saturated heterocycles. The number of carbonyl (C=O) groups excluding carboxylic acids is 2. The molecular weight excluding hydrogens is 368 g/mol. The number of benzene rings is 2. The van der Waals surface area contributed by atoms with Gasteiger partial charge in [0.05, 0.1) is 12.4 Å². The van der Waals surface area contributed by atoms with Crippen LogP contribution in [0.5, 0.6) is 11.5 Å². The van der Waals surface area contributed by atoms with Crippen molar-refractivity contribution in [2.75, 3.05) is 0 Å². The van der Waals surface area contributed by atoms with Crippen LogP contribution >= 0.6 is 0 Å². The number of amides is 2. The summed E-state index contributed by atoms with van der Waals surface area (Å²) in [7, 11) is 0. The molecule has 2 atom stereocenters. The molecular formula is C18H18N4O6. The number of phenols is 2. The molecule has 0 heterocycles. The summed E-state index contributed by atoms with van der Waals surface area (Å²) >= 11 is 0. The highest BCUT2D eigenvalue weighted by Gasteiger charge is 2.30. The van der Waals surface area contributed by atoms with Crippen LogP contribution in [0.2, 0.25) is 0 Å². The van der Waals surface area contributed by atoms with Gasteiger partial charge in [0.25, 0.3) is 11.8 Å². The highest BCUT2D eigenvalue weighted by molar-refractivity contribution is 5.91. The van der Waals surface area contributed by atoms with Gasteiger partial charge in [0, 0.05) is 0 Å². The van der Waals surface area contributed by atoms with Gasteiger partial charge in [-0.1, -0.05) is 0 Å². The Morgan fingerprint density at radius 2 is 1.04 bits per heavy atom. The second-order valence-corrected chi connectivity index (χ2v) is 5.54. The van der Waals surface area contributed by atoms with E-state index in [1.165, 1.54) is 61.0 Å². The van der Waals surface area contributed by atoms with Gasteiger partial charge in [-0.15, -0.1) is 0 Å². The predicted octanol–water partition coefficient (Wildman–Crippen LogP) is -0.580. The summed E-state index contributed by atoms with van der Waals surface area (Å²) < 4.78 is 0. The molecule has 0 unspecified atom stereocenters. The molecule has 0 aromatic heterocycles. The summed E-state index contributed by atoms with van der Waals surface area (Å²) in [5.41, 5.74) is 5.10. The lowest BCUT2D eigenvalue weighted by atomic mass is 10.2. The van der Waals surface area contributed by atoms with Crippen LogP contribution in [-0.4, -0.2) is 56.9 Å². The maximum atomic E-state index is 11.7. The summed E-state index contributed by atoms with van der Waals surface area (Å²) in [6.07, 6.45) is -1.64. The summed E-state index contributed by atoms with van der Waals surface area (Å²) in [5.74, 6) is -2.06. The smallest absolute Gasteiger partial charge is 0.272 e. The molecule has 146 valence electrons. The first-order valence-corrected chi connectivity index (χ1v) is 7.97. The number of phenolic OH excluding ortho intramolecular Hbond substituents is 2. The van der Waals surface area contributed by atoms with Gasteiger partial charge in [-0.25, -0.2) is 10.9 Å². The molecule has 6 N–H and O–H groups in total. The van der Waals surface area contributed by atoms with Gasteiger partial charge < -0.3 is 20.4 Å². The highest BCUT2D eigenvalue weighted by Crippen LogP contribution is 2.08. The Labute approximate surface area is 159 Å². The van der Waals surface area contributed by atoms with Gasteiger partial charge in [-0.2, -0.15) is 10.2 Å². The number of nitrogens with one attached hydrogen (secondary N) is 2. The van der Waals surface area contributed by atoms with Gasteiger partial charge >= 0.3 is 0 Å². The van der Waals surface area contributed by atoms with Crippen LogP contribution in [0.25, 0.3) is 0 Å². The number of rotatable bonds is 7. The average molecular weight is 386 g/mol. The molecule has 0 radical (unpaired) electrons. The lowest BCUT2D eigenvalue weighted by Gasteiger charge is -2.14. The van der Waals surface area contributed by atoms with Gasteiger partial charge in [-0.05, 0) is 59.7 Å². The molecule has 2 aromatic rings. The zero-order valence-electron chi connectivity index (χ0n) is 14.4. The molecule has 0 aliphatic heterocycles. The molecule has 0 bridgehead atoms. The first kappa shape index (κ1) is 20.6. The number of carbonyl (C=O) groups is 2. The van der Waals surface area contributed by atoms with E-state index < -0.39 is 24.0 Å². The fraction of sp³-hybridized carbons (Fsp3) is 0.111. The maximum absolute atomic E-state index is 11.7. The second-order valence-electron chi connectivity index (χ2n) is 5.54. The van der Waals surface area contributed by atoms with Crippen molar-refractivity contribution in [2.45, 2.75) is 12.2 Å². The Hall–Kier alpha value is -3.76. The molecule has 0 fully saturated rings. The Morgan fingerprint density at radius 1 is 0.714 bits per heavy atom. The summed E-state index contributed by atoms with van der Waals surface area (Å²) in [6, 6.07) is 11.8. The second kappa shape index (κ2) is 9.80. The van der Waals surface area contributed by atoms with Gasteiger partial charge in [-0.3, -0.25) is 9.59 Å². The van der Waals surface area contributed by atoms with Crippen molar-refractivity contribution in [1.82, 2.24) is 10.9 Å².